The second-order valence-corrected chi connectivity index (χ2v) is 26.1. The van der Waals surface area contributed by atoms with E-state index in [1.54, 1.807) is 0 Å². The van der Waals surface area contributed by atoms with E-state index in [0.29, 0.717) is 17.4 Å². The zero-order chi connectivity index (χ0) is 57.9. The molecule has 0 aromatic rings. The highest BCUT2D eigenvalue weighted by Crippen LogP contribution is 2.38. The third-order valence-corrected chi connectivity index (χ3v) is 16.5. The maximum Gasteiger partial charge on any atom is 0.306 e. The van der Waals surface area contributed by atoms with Gasteiger partial charge in [-0.05, 0) is 83.1 Å². The lowest BCUT2D eigenvalue weighted by Crippen LogP contribution is -2.47. The Bertz CT molecular complexity index is 1450. The Kier molecular flexibility index (Phi) is 58.1. The van der Waals surface area contributed by atoms with E-state index in [9.17, 15) is 19.0 Å². The number of carbonyl (C=O) groups excluding carboxylic acids is 2. The van der Waals surface area contributed by atoms with Crippen molar-refractivity contribution in [1.29, 1.82) is 0 Å². The third kappa shape index (κ3) is 60.6. The van der Waals surface area contributed by atoms with Crippen LogP contribution in [-0.4, -0.2) is 69.4 Å². The average Bonchev–Trinajstić information content (AvgIpc) is 3.41. The molecule has 0 aromatic heterocycles. The van der Waals surface area contributed by atoms with Gasteiger partial charge in [0.1, 0.15) is 19.3 Å². The number of likely N-dealkylation sites (N-methyl/N-ethyl adjacent to an activating group) is 1. The number of phosphoric ester groups is 1. The fourth-order valence-corrected chi connectivity index (χ4v) is 10.9. The molecule has 0 saturated heterocycles. The first-order chi connectivity index (χ1) is 38.4. The molecule has 3 unspecified atom stereocenters. The van der Waals surface area contributed by atoms with E-state index in [2.05, 4.69) is 50.4 Å². The van der Waals surface area contributed by atoms with Crippen molar-refractivity contribution in [1.82, 2.24) is 5.32 Å². The molecule has 0 fully saturated rings. The molecule has 0 aromatic carbocycles. The highest BCUT2D eigenvalue weighted by Gasteiger charge is 2.27. The van der Waals surface area contributed by atoms with E-state index < -0.39 is 20.0 Å². The van der Waals surface area contributed by atoms with Gasteiger partial charge in [0.25, 0.3) is 7.82 Å². The van der Waals surface area contributed by atoms with Crippen LogP contribution >= 0.6 is 7.82 Å². The molecule has 0 saturated carbocycles. The zero-order valence-electron chi connectivity index (χ0n) is 53.3. The Labute approximate surface area is 491 Å². The van der Waals surface area contributed by atoms with Gasteiger partial charge in [0.15, 0.2) is 0 Å². The number of allylic oxidation sites excluding steroid dienone is 5. The first-order valence-corrected chi connectivity index (χ1v) is 35.8. The standard InChI is InChI=1S/C69H133N2O7P/c1-7-10-13-16-19-22-25-27-29-31-33-34-35-36-38-40-42-44-47-50-53-56-59-62-69(73)78-67(60-57-54-51-48-45-24-21-18-15-12-9-3)66(65-77-79(74,75)76-64-63-71(4,5)6)70-68(72)61-58-55-52-49-46-43-41-39-37-32-30-28-26-23-20-17-14-11-8-2/h27-30,57,60,66-67H,7-26,31-56,58-59,61-65H2,1-6H3,(H-,70,72,74,75)/b29-27+,30-28+,60-57+. The number of ether oxygens (including phenoxy) is 1. The van der Waals surface area contributed by atoms with Crippen molar-refractivity contribution in [3.63, 3.8) is 0 Å². The quantitative estimate of drug-likeness (QED) is 0.0212. The van der Waals surface area contributed by atoms with Gasteiger partial charge in [-0.2, -0.15) is 0 Å². The number of nitrogens with one attached hydrogen (secondary N) is 1. The van der Waals surface area contributed by atoms with Crippen LogP contribution in [-0.2, 0) is 27.9 Å². The van der Waals surface area contributed by atoms with Crippen LogP contribution in [0.3, 0.4) is 0 Å². The Balaban J connectivity index is 5.05. The van der Waals surface area contributed by atoms with Gasteiger partial charge in [-0.1, -0.05) is 282 Å². The summed E-state index contributed by atoms with van der Waals surface area (Å²) in [6.07, 6.45) is 72.6. The van der Waals surface area contributed by atoms with Crippen LogP contribution in [0.2, 0.25) is 0 Å². The van der Waals surface area contributed by atoms with Crippen LogP contribution < -0.4 is 10.2 Å². The second-order valence-electron chi connectivity index (χ2n) is 24.7. The Morgan fingerprint density at radius 3 is 1.08 bits per heavy atom. The van der Waals surface area contributed by atoms with Gasteiger partial charge >= 0.3 is 5.97 Å². The van der Waals surface area contributed by atoms with Crippen LogP contribution in [0.15, 0.2) is 36.5 Å². The number of hydrogen-bond donors (Lipinski definition) is 1. The molecule has 0 bridgehead atoms. The highest BCUT2D eigenvalue weighted by atomic mass is 31.2. The smallest absolute Gasteiger partial charge is 0.306 e. The summed E-state index contributed by atoms with van der Waals surface area (Å²) in [6, 6.07) is -0.886. The Morgan fingerprint density at radius 2 is 0.734 bits per heavy atom. The number of quaternary nitrogens is 1. The molecule has 0 heterocycles. The Hall–Kier alpha value is -1.77. The van der Waals surface area contributed by atoms with E-state index >= 15 is 0 Å². The van der Waals surface area contributed by atoms with Crippen molar-refractivity contribution in [2.24, 2.45) is 0 Å². The minimum absolute atomic E-state index is 0.0205. The molecule has 79 heavy (non-hydrogen) atoms. The molecule has 1 amide bonds. The molecular formula is C69H133N2O7P. The number of phosphoric acid groups is 1. The number of rotatable bonds is 63. The summed E-state index contributed by atoms with van der Waals surface area (Å²) in [5, 5.41) is 3.04. The summed E-state index contributed by atoms with van der Waals surface area (Å²) < 4.78 is 30.4. The number of amides is 1. The molecule has 3 atom stereocenters. The van der Waals surface area contributed by atoms with E-state index in [4.69, 9.17) is 13.8 Å². The van der Waals surface area contributed by atoms with E-state index in [1.807, 2.05) is 33.3 Å². The molecule has 0 radical (unpaired) electrons. The van der Waals surface area contributed by atoms with E-state index in [1.165, 1.54) is 250 Å². The van der Waals surface area contributed by atoms with Crippen LogP contribution in [0.4, 0.5) is 0 Å². The van der Waals surface area contributed by atoms with Crippen molar-refractivity contribution in [2.45, 2.75) is 354 Å². The van der Waals surface area contributed by atoms with Crippen molar-refractivity contribution in [2.75, 3.05) is 40.9 Å². The first kappa shape index (κ1) is 77.2. The molecule has 466 valence electrons. The zero-order valence-corrected chi connectivity index (χ0v) is 54.2. The molecule has 9 nitrogen and oxygen atoms in total. The normalized spacial score (nSPS) is 13.8. The summed E-state index contributed by atoms with van der Waals surface area (Å²) in [5.41, 5.74) is 0. The maximum atomic E-state index is 13.6. The largest absolute Gasteiger partial charge is 0.756 e. The average molecular weight is 1130 g/mol. The molecular weight excluding hydrogens is 1000 g/mol. The number of esters is 1. The molecule has 0 spiro atoms. The van der Waals surface area contributed by atoms with Crippen LogP contribution in [0.5, 0.6) is 0 Å². The predicted molar refractivity (Wildman–Crippen MR) is 340 cm³/mol. The monoisotopic (exact) mass is 1130 g/mol. The van der Waals surface area contributed by atoms with Gasteiger partial charge in [-0.15, -0.1) is 0 Å². The van der Waals surface area contributed by atoms with E-state index in [-0.39, 0.29) is 31.5 Å². The van der Waals surface area contributed by atoms with Crippen LogP contribution in [0, 0.1) is 0 Å². The van der Waals surface area contributed by atoms with E-state index in [0.717, 1.165) is 57.8 Å². The van der Waals surface area contributed by atoms with Crippen molar-refractivity contribution in [3.8, 4) is 0 Å². The number of unbranched alkanes of at least 4 members (excludes halogenated alkanes) is 43. The summed E-state index contributed by atoms with van der Waals surface area (Å²) in [5.74, 6) is -0.528. The van der Waals surface area contributed by atoms with Gasteiger partial charge in [0, 0.05) is 12.8 Å². The summed E-state index contributed by atoms with van der Waals surface area (Å²) in [4.78, 5) is 40.1. The second kappa shape index (κ2) is 59.4. The predicted octanol–water partition coefficient (Wildman–Crippen LogP) is 20.8. The maximum absolute atomic E-state index is 13.6. The van der Waals surface area contributed by atoms with Gasteiger partial charge in [-0.25, -0.2) is 0 Å². The molecule has 0 aliphatic carbocycles. The van der Waals surface area contributed by atoms with Crippen molar-refractivity contribution >= 4 is 19.7 Å². The summed E-state index contributed by atoms with van der Waals surface area (Å²) >= 11 is 0. The SMILES string of the molecule is CCCCCCCC/C=C/CCCCCCCCCCCCCCCC(=O)OC(/C=C/CCCCCCCCCCC)C(COP(=O)([O-])OCC[N+](C)(C)C)NC(=O)CCCCCCCCCCC/C=C/CCCCCCCC. The topological polar surface area (TPSA) is 114 Å². The first-order valence-electron chi connectivity index (χ1n) is 34.3. The van der Waals surface area contributed by atoms with Gasteiger partial charge < -0.3 is 28.5 Å². The van der Waals surface area contributed by atoms with Crippen LogP contribution in [0.1, 0.15) is 342 Å². The number of hydrogen-bond acceptors (Lipinski definition) is 7. The lowest BCUT2D eigenvalue weighted by Gasteiger charge is -2.30. The molecule has 0 aliphatic rings. The fraction of sp³-hybridized carbons (Fsp3) is 0.884. The summed E-state index contributed by atoms with van der Waals surface area (Å²) in [6.45, 7) is 6.88. The Morgan fingerprint density at radius 1 is 0.430 bits per heavy atom. The summed E-state index contributed by atoms with van der Waals surface area (Å²) in [7, 11) is 1.20. The molecule has 0 rings (SSSR count). The number of nitrogens with zero attached hydrogens (tertiary/aromatic N) is 1. The lowest BCUT2D eigenvalue weighted by atomic mass is 10.0. The van der Waals surface area contributed by atoms with Gasteiger partial charge in [0.05, 0.1) is 33.8 Å². The minimum Gasteiger partial charge on any atom is -0.756 e. The van der Waals surface area contributed by atoms with Crippen molar-refractivity contribution < 1.29 is 37.3 Å². The fourth-order valence-electron chi connectivity index (χ4n) is 10.2. The molecule has 10 heteroatoms. The van der Waals surface area contributed by atoms with Crippen molar-refractivity contribution in [3.05, 3.63) is 36.5 Å². The third-order valence-electron chi connectivity index (χ3n) is 15.5. The molecule has 1 N–H and O–H groups in total. The lowest BCUT2D eigenvalue weighted by molar-refractivity contribution is -0.870. The molecule has 0 aliphatic heterocycles. The number of carbonyl (C=O) groups is 2. The minimum atomic E-state index is -4.70. The van der Waals surface area contributed by atoms with Gasteiger partial charge in [-0.3, -0.25) is 14.2 Å². The van der Waals surface area contributed by atoms with Crippen LogP contribution in [0.25, 0.3) is 0 Å². The van der Waals surface area contributed by atoms with Gasteiger partial charge in [0.2, 0.25) is 5.91 Å². The highest BCUT2D eigenvalue weighted by molar-refractivity contribution is 7.45.